The van der Waals surface area contributed by atoms with Crippen LogP contribution in [0.4, 0.5) is 0 Å². The summed E-state index contributed by atoms with van der Waals surface area (Å²) in [4.78, 5) is 6.76. The van der Waals surface area contributed by atoms with Gasteiger partial charge in [0.15, 0.2) is 0 Å². The number of benzene rings is 1. The molecule has 1 aromatic carbocycles. The molecule has 4 nitrogen and oxygen atoms in total. The summed E-state index contributed by atoms with van der Waals surface area (Å²) in [5.74, 6) is 0. The molecule has 0 aliphatic rings. The van der Waals surface area contributed by atoms with Gasteiger partial charge < -0.3 is 0 Å². The predicted octanol–water partition coefficient (Wildman–Crippen LogP) is 4.68. The van der Waals surface area contributed by atoms with Crippen LogP contribution in [-0.4, -0.2) is 19.7 Å². The number of hydrogen-bond donors (Lipinski definition) is 0. The molecule has 0 aliphatic carbocycles. The molecule has 0 atom stereocenters. The van der Waals surface area contributed by atoms with Gasteiger partial charge in [-0.1, -0.05) is 37.3 Å². The maximum Gasteiger partial charge on any atom is 0.0641 e. The second-order valence-electron chi connectivity index (χ2n) is 7.14. The Labute approximate surface area is 162 Å². The lowest BCUT2D eigenvalue weighted by Crippen LogP contribution is -2.23. The molecule has 0 radical (unpaired) electrons. The van der Waals surface area contributed by atoms with Crippen molar-refractivity contribution in [3.8, 4) is 0 Å². The molecule has 0 amide bonds. The summed E-state index contributed by atoms with van der Waals surface area (Å²) < 4.78 is 2.10. The summed E-state index contributed by atoms with van der Waals surface area (Å²) in [6, 6.07) is 13.1. The third kappa shape index (κ3) is 4.83. The van der Waals surface area contributed by atoms with Crippen LogP contribution in [0.15, 0.2) is 48.8 Å². The van der Waals surface area contributed by atoms with Crippen molar-refractivity contribution in [2.24, 2.45) is 0 Å². The first-order valence-corrected chi connectivity index (χ1v) is 9.82. The SMILES string of the molecule is CCc1ccc(CN(Cc2cccnc2)Cc2c(C)nn(CC)c2C)cc1. The fraction of sp³-hybridized carbons (Fsp3) is 0.391. The molecule has 2 heterocycles. The molecule has 0 aliphatic heterocycles. The largest absolute Gasteiger partial charge is 0.290 e. The van der Waals surface area contributed by atoms with E-state index in [1.807, 2.05) is 18.5 Å². The van der Waals surface area contributed by atoms with Gasteiger partial charge in [-0.05, 0) is 49.9 Å². The molecule has 0 saturated carbocycles. The quantitative estimate of drug-likeness (QED) is 0.583. The summed E-state index contributed by atoms with van der Waals surface area (Å²) in [5, 5.41) is 4.70. The highest BCUT2D eigenvalue weighted by Gasteiger charge is 2.16. The average Bonchev–Trinajstić information content (AvgIpc) is 2.97. The van der Waals surface area contributed by atoms with Gasteiger partial charge in [0.1, 0.15) is 0 Å². The van der Waals surface area contributed by atoms with E-state index in [1.165, 1.54) is 27.9 Å². The Morgan fingerprint density at radius 3 is 2.19 bits per heavy atom. The maximum absolute atomic E-state index is 4.70. The first kappa shape index (κ1) is 19.3. The van der Waals surface area contributed by atoms with Crippen molar-refractivity contribution in [1.82, 2.24) is 19.7 Å². The van der Waals surface area contributed by atoms with Gasteiger partial charge in [-0.15, -0.1) is 0 Å². The van der Waals surface area contributed by atoms with Crippen molar-refractivity contribution < 1.29 is 0 Å². The number of rotatable bonds is 8. The van der Waals surface area contributed by atoms with E-state index < -0.39 is 0 Å². The molecule has 2 aromatic heterocycles. The van der Waals surface area contributed by atoms with Gasteiger partial charge in [-0.3, -0.25) is 14.6 Å². The highest BCUT2D eigenvalue weighted by atomic mass is 15.3. The molecule has 3 rings (SSSR count). The van der Waals surface area contributed by atoms with Crippen LogP contribution in [0.2, 0.25) is 0 Å². The first-order chi connectivity index (χ1) is 13.1. The van der Waals surface area contributed by atoms with Crippen LogP contribution in [0.1, 0.15) is 47.5 Å². The zero-order chi connectivity index (χ0) is 19.2. The fourth-order valence-electron chi connectivity index (χ4n) is 3.55. The van der Waals surface area contributed by atoms with Crippen molar-refractivity contribution in [1.29, 1.82) is 0 Å². The van der Waals surface area contributed by atoms with E-state index in [-0.39, 0.29) is 0 Å². The Morgan fingerprint density at radius 1 is 0.889 bits per heavy atom. The second kappa shape index (κ2) is 8.96. The number of pyridine rings is 1. The van der Waals surface area contributed by atoms with Crippen LogP contribution in [0, 0.1) is 13.8 Å². The lowest BCUT2D eigenvalue weighted by atomic mass is 10.1. The molecule has 0 saturated heterocycles. The highest BCUT2D eigenvalue weighted by molar-refractivity contribution is 5.26. The molecule has 0 N–H and O–H groups in total. The standard InChI is InChI=1S/C23H30N4/c1-5-20-9-11-21(12-10-20)15-26(16-22-8-7-13-24-14-22)17-23-18(3)25-27(6-2)19(23)4/h7-14H,5-6,15-17H2,1-4H3. The van der Waals surface area contributed by atoms with Crippen molar-refractivity contribution in [2.75, 3.05) is 0 Å². The van der Waals surface area contributed by atoms with E-state index in [4.69, 9.17) is 5.10 Å². The van der Waals surface area contributed by atoms with Crippen LogP contribution in [0.25, 0.3) is 0 Å². The van der Waals surface area contributed by atoms with E-state index in [9.17, 15) is 0 Å². The van der Waals surface area contributed by atoms with Crippen LogP contribution in [0.3, 0.4) is 0 Å². The normalized spacial score (nSPS) is 11.3. The van der Waals surface area contributed by atoms with Gasteiger partial charge in [0.25, 0.3) is 0 Å². The summed E-state index contributed by atoms with van der Waals surface area (Å²) in [5.41, 5.74) is 7.70. The van der Waals surface area contributed by atoms with E-state index in [2.05, 4.69) is 72.6 Å². The van der Waals surface area contributed by atoms with E-state index in [0.29, 0.717) is 0 Å². The van der Waals surface area contributed by atoms with Crippen LogP contribution >= 0.6 is 0 Å². The number of aromatic nitrogens is 3. The summed E-state index contributed by atoms with van der Waals surface area (Å²) >= 11 is 0. The monoisotopic (exact) mass is 362 g/mol. The lowest BCUT2D eigenvalue weighted by molar-refractivity contribution is 0.246. The van der Waals surface area contributed by atoms with Crippen molar-refractivity contribution in [3.05, 3.63) is 82.4 Å². The molecule has 27 heavy (non-hydrogen) atoms. The zero-order valence-corrected chi connectivity index (χ0v) is 16.9. The Hall–Kier alpha value is -2.46. The van der Waals surface area contributed by atoms with Gasteiger partial charge in [-0.2, -0.15) is 5.10 Å². The highest BCUT2D eigenvalue weighted by Crippen LogP contribution is 2.19. The second-order valence-corrected chi connectivity index (χ2v) is 7.14. The number of aryl methyl sites for hydroxylation is 3. The van der Waals surface area contributed by atoms with Crippen LogP contribution in [0.5, 0.6) is 0 Å². The van der Waals surface area contributed by atoms with E-state index >= 15 is 0 Å². The minimum atomic E-state index is 0.875. The average molecular weight is 363 g/mol. The summed E-state index contributed by atoms with van der Waals surface area (Å²) in [7, 11) is 0. The Kier molecular flexibility index (Phi) is 6.40. The smallest absolute Gasteiger partial charge is 0.0641 e. The molecule has 4 heteroatoms. The summed E-state index contributed by atoms with van der Waals surface area (Å²) in [6.45, 7) is 12.2. The maximum atomic E-state index is 4.70. The van der Waals surface area contributed by atoms with Gasteiger partial charge in [-0.25, -0.2) is 0 Å². The van der Waals surface area contributed by atoms with Crippen molar-refractivity contribution >= 4 is 0 Å². The molecule has 0 unspecified atom stereocenters. The Bertz CT molecular complexity index is 850. The molecule has 0 fully saturated rings. The minimum Gasteiger partial charge on any atom is -0.290 e. The number of nitrogens with zero attached hydrogens (tertiary/aromatic N) is 4. The Balaban J connectivity index is 1.83. The van der Waals surface area contributed by atoms with E-state index in [1.54, 1.807) is 0 Å². The third-order valence-electron chi connectivity index (χ3n) is 5.18. The molecule has 142 valence electrons. The summed E-state index contributed by atoms with van der Waals surface area (Å²) in [6.07, 6.45) is 4.87. The van der Waals surface area contributed by atoms with E-state index in [0.717, 1.165) is 38.3 Å². The van der Waals surface area contributed by atoms with Gasteiger partial charge in [0.2, 0.25) is 0 Å². The third-order valence-corrected chi connectivity index (χ3v) is 5.18. The Morgan fingerprint density at radius 2 is 1.59 bits per heavy atom. The van der Waals surface area contributed by atoms with Gasteiger partial charge in [0.05, 0.1) is 5.69 Å². The van der Waals surface area contributed by atoms with Gasteiger partial charge in [0, 0.05) is 49.8 Å². The topological polar surface area (TPSA) is 34.0 Å². The van der Waals surface area contributed by atoms with Crippen LogP contribution < -0.4 is 0 Å². The lowest BCUT2D eigenvalue weighted by Gasteiger charge is -2.23. The molecular formula is C23H30N4. The van der Waals surface area contributed by atoms with Crippen molar-refractivity contribution in [3.63, 3.8) is 0 Å². The number of hydrogen-bond acceptors (Lipinski definition) is 3. The molecular weight excluding hydrogens is 332 g/mol. The minimum absolute atomic E-state index is 0.875. The molecule has 3 aromatic rings. The zero-order valence-electron chi connectivity index (χ0n) is 16.9. The molecule has 0 spiro atoms. The van der Waals surface area contributed by atoms with Crippen LogP contribution in [-0.2, 0) is 32.6 Å². The van der Waals surface area contributed by atoms with Gasteiger partial charge >= 0.3 is 0 Å². The van der Waals surface area contributed by atoms with Crippen molar-refractivity contribution in [2.45, 2.75) is 60.3 Å². The fourth-order valence-corrected chi connectivity index (χ4v) is 3.55. The predicted molar refractivity (Wildman–Crippen MR) is 110 cm³/mol. The first-order valence-electron chi connectivity index (χ1n) is 9.82. The molecule has 0 bridgehead atoms.